The second kappa shape index (κ2) is 2.87. The highest BCUT2D eigenvalue weighted by molar-refractivity contribution is 5.37. The van der Waals surface area contributed by atoms with Gasteiger partial charge in [0.2, 0.25) is 6.08 Å². The normalized spacial score (nSPS) is 30.8. The molecule has 0 N–H and O–H groups in total. The van der Waals surface area contributed by atoms with Crippen LogP contribution in [0.5, 0.6) is 0 Å². The molecule has 2 aliphatic carbocycles. The van der Waals surface area contributed by atoms with Crippen LogP contribution in [0.15, 0.2) is 17.1 Å². The van der Waals surface area contributed by atoms with Crippen molar-refractivity contribution in [3.63, 3.8) is 0 Å². The molecule has 1 fully saturated rings. The maximum Gasteiger partial charge on any atom is 0.235 e. The van der Waals surface area contributed by atoms with Gasteiger partial charge in [-0.25, -0.2) is 4.79 Å². The Hall–Kier alpha value is -0.880. The zero-order valence-electron chi connectivity index (χ0n) is 7.12. The van der Waals surface area contributed by atoms with Gasteiger partial charge in [0.05, 0.1) is 5.54 Å². The van der Waals surface area contributed by atoms with E-state index in [1.54, 1.807) is 6.08 Å². The molecule has 0 saturated heterocycles. The molecule has 1 unspecified atom stereocenters. The molecule has 0 heterocycles. The lowest BCUT2D eigenvalue weighted by molar-refractivity contribution is 0.373. The maximum absolute atomic E-state index is 10.2. The highest BCUT2D eigenvalue weighted by Crippen LogP contribution is 2.50. The van der Waals surface area contributed by atoms with E-state index >= 15 is 0 Å². The van der Waals surface area contributed by atoms with E-state index in [4.69, 9.17) is 0 Å². The summed E-state index contributed by atoms with van der Waals surface area (Å²) in [7, 11) is 0. The summed E-state index contributed by atoms with van der Waals surface area (Å²) < 4.78 is 0. The average Bonchev–Trinajstić information content (AvgIpc) is 2.88. The van der Waals surface area contributed by atoms with Gasteiger partial charge in [0.15, 0.2) is 0 Å². The number of allylic oxidation sites excluding steroid dienone is 2. The summed E-state index contributed by atoms with van der Waals surface area (Å²) in [5, 5.41) is 0. The second-order valence-electron chi connectivity index (χ2n) is 3.79. The Labute approximate surface area is 72.4 Å². The summed E-state index contributed by atoms with van der Waals surface area (Å²) in [4.78, 5) is 14.1. The fourth-order valence-electron chi connectivity index (χ4n) is 2.11. The topological polar surface area (TPSA) is 29.4 Å². The minimum Gasteiger partial charge on any atom is -0.211 e. The Morgan fingerprint density at radius 2 is 2.25 bits per heavy atom. The van der Waals surface area contributed by atoms with E-state index in [0.29, 0.717) is 5.92 Å². The molecule has 0 aromatic rings. The third-order valence-electron chi connectivity index (χ3n) is 3.06. The fourth-order valence-corrected chi connectivity index (χ4v) is 2.11. The molecule has 0 radical (unpaired) electrons. The molecule has 12 heavy (non-hydrogen) atoms. The lowest BCUT2D eigenvalue weighted by atomic mass is 9.86. The Morgan fingerprint density at radius 1 is 1.42 bits per heavy atom. The Bertz CT molecular complexity index is 247. The zero-order valence-corrected chi connectivity index (χ0v) is 7.12. The van der Waals surface area contributed by atoms with E-state index in [9.17, 15) is 4.79 Å². The van der Waals surface area contributed by atoms with Crippen LogP contribution in [-0.4, -0.2) is 11.6 Å². The van der Waals surface area contributed by atoms with Gasteiger partial charge in [-0.3, -0.25) is 0 Å². The van der Waals surface area contributed by atoms with Crippen molar-refractivity contribution in [2.45, 2.75) is 37.6 Å². The van der Waals surface area contributed by atoms with E-state index in [-0.39, 0.29) is 5.54 Å². The van der Waals surface area contributed by atoms with Crippen molar-refractivity contribution in [1.29, 1.82) is 0 Å². The average molecular weight is 163 g/mol. The van der Waals surface area contributed by atoms with Gasteiger partial charge in [-0.15, -0.1) is 0 Å². The minimum atomic E-state index is 0.0203. The van der Waals surface area contributed by atoms with Crippen LogP contribution in [0, 0.1) is 5.92 Å². The summed E-state index contributed by atoms with van der Waals surface area (Å²) in [6.07, 6.45) is 11.8. The van der Waals surface area contributed by atoms with E-state index < -0.39 is 0 Å². The molecule has 1 atom stereocenters. The SMILES string of the molecule is O=C=NC1(C2CC=CCC2)CC1. The predicted molar refractivity (Wildman–Crippen MR) is 46.6 cm³/mol. The molecule has 2 nitrogen and oxygen atoms in total. The molecule has 0 spiro atoms. The summed E-state index contributed by atoms with van der Waals surface area (Å²) in [6, 6.07) is 0. The van der Waals surface area contributed by atoms with Gasteiger partial charge in [0, 0.05) is 0 Å². The standard InChI is InChI=1S/C10H13NO/c12-8-11-10(6-7-10)9-4-2-1-3-5-9/h1-2,9H,3-7H2. The molecular formula is C10H13NO. The minimum absolute atomic E-state index is 0.0203. The van der Waals surface area contributed by atoms with Gasteiger partial charge >= 0.3 is 0 Å². The molecule has 2 aliphatic rings. The lowest BCUT2D eigenvalue weighted by Crippen LogP contribution is -2.21. The molecule has 0 aromatic carbocycles. The van der Waals surface area contributed by atoms with E-state index in [2.05, 4.69) is 17.1 Å². The quantitative estimate of drug-likeness (QED) is 0.348. The molecule has 0 amide bonds. The first-order valence-corrected chi connectivity index (χ1v) is 4.61. The van der Waals surface area contributed by atoms with Crippen molar-refractivity contribution in [1.82, 2.24) is 0 Å². The van der Waals surface area contributed by atoms with Crippen molar-refractivity contribution in [2.75, 3.05) is 0 Å². The molecule has 1 saturated carbocycles. The van der Waals surface area contributed by atoms with Gasteiger partial charge in [-0.2, -0.15) is 4.99 Å². The first-order chi connectivity index (χ1) is 5.87. The van der Waals surface area contributed by atoms with Crippen LogP contribution in [0.2, 0.25) is 0 Å². The van der Waals surface area contributed by atoms with Gasteiger partial charge in [0.25, 0.3) is 0 Å². The Morgan fingerprint density at radius 3 is 2.75 bits per heavy atom. The molecule has 0 aromatic heterocycles. The maximum atomic E-state index is 10.2. The number of rotatable bonds is 2. The van der Waals surface area contributed by atoms with Crippen LogP contribution in [0.25, 0.3) is 0 Å². The van der Waals surface area contributed by atoms with Crippen LogP contribution < -0.4 is 0 Å². The number of nitrogens with zero attached hydrogens (tertiary/aromatic N) is 1. The Balaban J connectivity index is 2.08. The number of carbonyl (C=O) groups excluding carboxylic acids is 1. The number of aliphatic imine (C=N–C) groups is 1. The third-order valence-corrected chi connectivity index (χ3v) is 3.06. The van der Waals surface area contributed by atoms with E-state index in [1.165, 1.54) is 6.42 Å². The summed E-state index contributed by atoms with van der Waals surface area (Å²) in [5.74, 6) is 0.615. The van der Waals surface area contributed by atoms with E-state index in [1.807, 2.05) is 0 Å². The summed E-state index contributed by atoms with van der Waals surface area (Å²) in [6.45, 7) is 0. The number of hydrogen-bond acceptors (Lipinski definition) is 2. The van der Waals surface area contributed by atoms with Crippen molar-refractivity contribution < 1.29 is 4.79 Å². The number of hydrogen-bond donors (Lipinski definition) is 0. The van der Waals surface area contributed by atoms with Crippen molar-refractivity contribution >= 4 is 6.08 Å². The van der Waals surface area contributed by atoms with Crippen LogP contribution in [0.1, 0.15) is 32.1 Å². The van der Waals surface area contributed by atoms with Crippen molar-refractivity contribution in [3.05, 3.63) is 12.2 Å². The first-order valence-electron chi connectivity index (χ1n) is 4.61. The van der Waals surface area contributed by atoms with Crippen molar-refractivity contribution in [3.8, 4) is 0 Å². The largest absolute Gasteiger partial charge is 0.235 e. The van der Waals surface area contributed by atoms with Gasteiger partial charge < -0.3 is 0 Å². The summed E-state index contributed by atoms with van der Waals surface area (Å²) >= 11 is 0. The van der Waals surface area contributed by atoms with Crippen LogP contribution in [-0.2, 0) is 4.79 Å². The highest BCUT2D eigenvalue weighted by Gasteiger charge is 2.49. The van der Waals surface area contributed by atoms with Gasteiger partial charge in [-0.05, 0) is 38.0 Å². The van der Waals surface area contributed by atoms with Gasteiger partial charge in [0.1, 0.15) is 0 Å². The zero-order chi connectivity index (χ0) is 8.44. The summed E-state index contributed by atoms with van der Waals surface area (Å²) in [5.41, 5.74) is 0.0203. The first kappa shape index (κ1) is 7.75. The van der Waals surface area contributed by atoms with Crippen LogP contribution in [0.4, 0.5) is 0 Å². The van der Waals surface area contributed by atoms with Crippen LogP contribution in [0.3, 0.4) is 0 Å². The van der Waals surface area contributed by atoms with Crippen molar-refractivity contribution in [2.24, 2.45) is 10.9 Å². The smallest absolute Gasteiger partial charge is 0.211 e. The third kappa shape index (κ3) is 1.23. The van der Waals surface area contributed by atoms with Gasteiger partial charge in [-0.1, -0.05) is 12.2 Å². The lowest BCUT2D eigenvalue weighted by Gasteiger charge is -2.22. The molecular weight excluding hydrogens is 150 g/mol. The monoisotopic (exact) mass is 163 g/mol. The molecule has 2 rings (SSSR count). The fraction of sp³-hybridized carbons (Fsp3) is 0.700. The Kier molecular flexibility index (Phi) is 1.86. The van der Waals surface area contributed by atoms with E-state index in [0.717, 1.165) is 25.7 Å². The molecule has 2 heteroatoms. The predicted octanol–water partition coefficient (Wildman–Crippen LogP) is 2.21. The second-order valence-corrected chi connectivity index (χ2v) is 3.79. The highest BCUT2D eigenvalue weighted by atomic mass is 16.1. The van der Waals surface area contributed by atoms with Crippen LogP contribution >= 0.6 is 0 Å². The number of isocyanates is 1. The molecule has 0 bridgehead atoms. The molecule has 0 aliphatic heterocycles. The molecule has 64 valence electrons.